The van der Waals surface area contributed by atoms with E-state index in [9.17, 15) is 39.9 Å². The minimum atomic E-state index is -2.97. The summed E-state index contributed by atoms with van der Waals surface area (Å²) in [4.78, 5) is 41.1. The van der Waals surface area contributed by atoms with Crippen LogP contribution in [0.2, 0.25) is 0 Å². The number of fused-ring (bicyclic) bond motifs is 3. The summed E-state index contributed by atoms with van der Waals surface area (Å²) in [7, 11) is 2.92. The number of carbonyl (C=O) groups excluding carboxylic acids is 3. The van der Waals surface area contributed by atoms with E-state index in [1.165, 1.54) is 25.1 Å². The molecule has 0 bridgehead atoms. The predicted molar refractivity (Wildman–Crippen MR) is 110 cm³/mol. The van der Waals surface area contributed by atoms with Gasteiger partial charge in [0.05, 0.1) is 23.6 Å². The van der Waals surface area contributed by atoms with E-state index in [2.05, 4.69) is 0 Å². The molecule has 3 aliphatic carbocycles. The van der Waals surface area contributed by atoms with E-state index in [0.717, 1.165) is 0 Å². The first-order valence-electron chi connectivity index (χ1n) is 10.0. The molecular weight excluding hydrogens is 420 g/mol. The molecule has 1 aromatic carbocycles. The summed E-state index contributed by atoms with van der Waals surface area (Å²) in [6.07, 6.45) is -1.61. The number of nitrogens with two attached hydrogens (primary N) is 1. The molecule has 1 unspecified atom stereocenters. The fourth-order valence-corrected chi connectivity index (χ4v) is 5.56. The molecular formula is C22H24N2O8. The number of aliphatic hydroxyl groups is 4. The molecule has 0 amide bonds. The highest BCUT2D eigenvalue weighted by Gasteiger charge is 2.70. The van der Waals surface area contributed by atoms with Gasteiger partial charge >= 0.3 is 0 Å². The van der Waals surface area contributed by atoms with Crippen LogP contribution in [0.1, 0.15) is 24.0 Å². The van der Waals surface area contributed by atoms with Crippen LogP contribution < -0.4 is 5.73 Å². The van der Waals surface area contributed by atoms with Crippen molar-refractivity contribution in [2.75, 3.05) is 14.1 Å². The Morgan fingerprint density at radius 3 is 2.31 bits per heavy atom. The van der Waals surface area contributed by atoms with Crippen LogP contribution in [0.25, 0.3) is 5.76 Å². The number of phenols is 1. The number of hydrogen-bond donors (Lipinski definition) is 6. The van der Waals surface area contributed by atoms with E-state index in [-0.39, 0.29) is 11.3 Å². The minimum Gasteiger partial charge on any atom is -0.507 e. The van der Waals surface area contributed by atoms with Gasteiger partial charge in [0.25, 0.3) is 0 Å². The second-order valence-corrected chi connectivity index (χ2v) is 8.79. The Bertz CT molecular complexity index is 1130. The van der Waals surface area contributed by atoms with Crippen molar-refractivity contribution in [3.63, 3.8) is 0 Å². The van der Waals surface area contributed by atoms with Gasteiger partial charge in [-0.05, 0) is 31.6 Å². The number of nitrogens with zero attached hydrogens (tertiary/aromatic N) is 1. The summed E-state index contributed by atoms with van der Waals surface area (Å²) in [6.45, 7) is 1.67. The molecule has 170 valence electrons. The van der Waals surface area contributed by atoms with Crippen LogP contribution in [-0.4, -0.2) is 79.6 Å². The lowest BCUT2D eigenvalue weighted by Gasteiger charge is -2.53. The first-order valence-corrected chi connectivity index (χ1v) is 10.0. The van der Waals surface area contributed by atoms with Crippen molar-refractivity contribution in [1.29, 1.82) is 0 Å². The van der Waals surface area contributed by atoms with Crippen molar-refractivity contribution in [3.05, 3.63) is 46.4 Å². The average molecular weight is 444 g/mol. The standard InChI is InChI=1S/C22H24N2O8/c1-7-8-5-4-6-9(25)11(8)16(26)12-10(7)17(27)14-15(24(2)3)18(28)13(21(23)31)20(30)22(14,32)19(12)29/h4-7,10,14-15,17,25-27,31-32H,23H2,1-3H3/b21-13-/t7-,10+,14+,15?,17-,22-/m0/s1. The SMILES string of the molecule is C[C@H]1c2cccc(O)c2C(O)=C2C(=O)[C@]3(O)C(=O)/C(=C(/N)O)C(=O)C(N(C)C)[C@@H]3[C@@H](O)[C@@H]21. The van der Waals surface area contributed by atoms with E-state index >= 15 is 0 Å². The number of aromatic hydroxyl groups is 1. The highest BCUT2D eigenvalue weighted by atomic mass is 16.3. The Kier molecular flexibility index (Phi) is 4.74. The van der Waals surface area contributed by atoms with Crippen molar-refractivity contribution in [2.45, 2.75) is 30.6 Å². The third kappa shape index (κ3) is 2.48. The number of ketones is 3. The Morgan fingerprint density at radius 1 is 1.12 bits per heavy atom. The summed E-state index contributed by atoms with van der Waals surface area (Å²) in [5, 5.41) is 53.9. The van der Waals surface area contributed by atoms with Crippen LogP contribution >= 0.6 is 0 Å². The van der Waals surface area contributed by atoms with Gasteiger partial charge in [-0.3, -0.25) is 19.3 Å². The number of hydrogen-bond acceptors (Lipinski definition) is 10. The maximum atomic E-state index is 13.6. The van der Waals surface area contributed by atoms with Gasteiger partial charge in [-0.2, -0.15) is 0 Å². The molecule has 0 spiro atoms. The maximum Gasteiger partial charge on any atom is 0.211 e. The van der Waals surface area contributed by atoms with E-state index < -0.39 is 75.6 Å². The fourth-order valence-electron chi connectivity index (χ4n) is 5.56. The number of benzene rings is 1. The molecule has 0 aliphatic heterocycles. The topological polar surface area (TPSA) is 182 Å². The van der Waals surface area contributed by atoms with E-state index in [1.54, 1.807) is 19.1 Å². The first kappa shape index (κ1) is 22.0. The zero-order valence-electron chi connectivity index (χ0n) is 17.6. The zero-order valence-corrected chi connectivity index (χ0v) is 17.6. The number of Topliss-reactive ketones (excluding diaryl/α,β-unsaturated/α-hetero) is 3. The van der Waals surface area contributed by atoms with Crippen molar-refractivity contribution in [1.82, 2.24) is 4.90 Å². The van der Waals surface area contributed by atoms with Gasteiger partial charge < -0.3 is 31.3 Å². The van der Waals surface area contributed by atoms with Gasteiger partial charge in [0.1, 0.15) is 17.1 Å². The highest BCUT2D eigenvalue weighted by molar-refractivity contribution is 6.36. The van der Waals surface area contributed by atoms with Crippen LogP contribution in [0, 0.1) is 11.8 Å². The molecule has 7 N–H and O–H groups in total. The molecule has 0 saturated heterocycles. The van der Waals surface area contributed by atoms with Crippen molar-refractivity contribution < 1.29 is 39.9 Å². The van der Waals surface area contributed by atoms with Gasteiger partial charge in [-0.15, -0.1) is 0 Å². The van der Waals surface area contributed by atoms with Crippen LogP contribution in [-0.2, 0) is 14.4 Å². The van der Waals surface area contributed by atoms with Gasteiger partial charge in [0, 0.05) is 11.5 Å². The third-order valence-corrected chi connectivity index (χ3v) is 6.98. The van der Waals surface area contributed by atoms with E-state index in [0.29, 0.717) is 5.56 Å². The van der Waals surface area contributed by atoms with Crippen molar-refractivity contribution in [2.24, 2.45) is 17.6 Å². The van der Waals surface area contributed by atoms with Gasteiger partial charge in [0.2, 0.25) is 11.6 Å². The summed E-state index contributed by atoms with van der Waals surface area (Å²) in [6, 6.07) is 3.12. The molecule has 0 heterocycles. The normalized spacial score (nSPS) is 36.1. The number of phenolic OH excluding ortho intramolecular Hbond substituents is 1. The first-order chi connectivity index (χ1) is 14.9. The Hall–Kier alpha value is -3.21. The van der Waals surface area contributed by atoms with Crippen LogP contribution in [0.15, 0.2) is 35.2 Å². The minimum absolute atomic E-state index is 0.0326. The summed E-state index contributed by atoms with van der Waals surface area (Å²) in [5.41, 5.74) is 1.44. The Morgan fingerprint density at radius 2 is 1.75 bits per heavy atom. The maximum absolute atomic E-state index is 13.6. The second-order valence-electron chi connectivity index (χ2n) is 8.79. The lowest BCUT2D eigenvalue weighted by molar-refractivity contribution is -0.178. The monoisotopic (exact) mass is 444 g/mol. The number of aliphatic hydroxyl groups excluding tert-OH is 3. The summed E-state index contributed by atoms with van der Waals surface area (Å²) in [5.74, 6) is -8.97. The molecule has 32 heavy (non-hydrogen) atoms. The molecule has 0 aromatic heterocycles. The molecule has 10 nitrogen and oxygen atoms in total. The number of rotatable bonds is 1. The predicted octanol–water partition coefficient (Wildman–Crippen LogP) is -0.504. The van der Waals surface area contributed by atoms with E-state index in [4.69, 9.17) is 5.73 Å². The summed E-state index contributed by atoms with van der Waals surface area (Å²) < 4.78 is 0. The quantitative estimate of drug-likeness (QED) is 0.143. The van der Waals surface area contributed by atoms with E-state index in [1.807, 2.05) is 0 Å². The van der Waals surface area contributed by atoms with Crippen LogP contribution in [0.3, 0.4) is 0 Å². The average Bonchev–Trinajstić information content (AvgIpc) is 2.70. The molecule has 2 saturated carbocycles. The lowest BCUT2D eigenvalue weighted by Crippen LogP contribution is -2.73. The van der Waals surface area contributed by atoms with Crippen LogP contribution in [0.4, 0.5) is 0 Å². The third-order valence-electron chi connectivity index (χ3n) is 6.98. The molecule has 1 aromatic rings. The van der Waals surface area contributed by atoms with Crippen molar-refractivity contribution >= 4 is 23.1 Å². The van der Waals surface area contributed by atoms with Crippen molar-refractivity contribution in [3.8, 4) is 5.75 Å². The van der Waals surface area contributed by atoms with Gasteiger partial charge in [-0.1, -0.05) is 19.1 Å². The van der Waals surface area contributed by atoms with Gasteiger partial charge in [-0.25, -0.2) is 0 Å². The zero-order chi connectivity index (χ0) is 23.9. The number of carbonyl (C=O) groups is 3. The Labute approximate surface area is 182 Å². The molecule has 4 rings (SSSR count). The van der Waals surface area contributed by atoms with Crippen LogP contribution in [0.5, 0.6) is 5.75 Å². The second kappa shape index (κ2) is 6.89. The van der Waals surface area contributed by atoms with Gasteiger partial charge in [0.15, 0.2) is 17.3 Å². The Balaban J connectivity index is 2.04. The number of likely N-dealkylation sites (N-methyl/N-ethyl adjacent to an activating group) is 1. The molecule has 10 heteroatoms. The largest absolute Gasteiger partial charge is 0.507 e. The molecule has 2 fully saturated rings. The summed E-state index contributed by atoms with van der Waals surface area (Å²) >= 11 is 0. The highest BCUT2D eigenvalue weighted by Crippen LogP contribution is 2.55. The fraction of sp³-hybridized carbons (Fsp3) is 0.409. The molecule has 6 atom stereocenters. The smallest absolute Gasteiger partial charge is 0.211 e. The molecule has 0 radical (unpaired) electrons. The lowest BCUT2D eigenvalue weighted by atomic mass is 9.53. The molecule has 3 aliphatic rings.